The molecule has 1 heterocycles. The van der Waals surface area contributed by atoms with Crippen molar-refractivity contribution in [1.29, 1.82) is 0 Å². The van der Waals surface area contributed by atoms with E-state index >= 15 is 0 Å². The molecule has 2 N–H and O–H groups in total. The predicted octanol–water partition coefficient (Wildman–Crippen LogP) is 4.26. The number of benzene rings is 1. The quantitative estimate of drug-likeness (QED) is 0.809. The second-order valence-corrected chi connectivity index (χ2v) is 8.34. The van der Waals surface area contributed by atoms with E-state index in [1.54, 1.807) is 18.2 Å². The van der Waals surface area contributed by atoms with Gasteiger partial charge in [0.2, 0.25) is 11.8 Å². The molecule has 1 saturated carbocycles. The summed E-state index contributed by atoms with van der Waals surface area (Å²) in [5.41, 5.74) is 0.260. The molecule has 136 valence electrons. The van der Waals surface area contributed by atoms with E-state index in [2.05, 4.69) is 16.7 Å². The lowest BCUT2D eigenvalue weighted by Gasteiger charge is -2.41. The van der Waals surface area contributed by atoms with Crippen LogP contribution in [0, 0.1) is 17.8 Å². The number of piperidine rings is 1. The summed E-state index contributed by atoms with van der Waals surface area (Å²) in [6.45, 7) is 0. The first kappa shape index (κ1) is 17.6. The van der Waals surface area contributed by atoms with Gasteiger partial charge < -0.3 is 10.6 Å². The normalized spacial score (nSPS) is 29.1. The molecule has 4 nitrogen and oxygen atoms in total. The minimum atomic E-state index is -0.413. The van der Waals surface area contributed by atoms with Crippen LogP contribution in [0.5, 0.6) is 0 Å². The summed E-state index contributed by atoms with van der Waals surface area (Å²) in [7, 11) is 0. The Kier molecular flexibility index (Phi) is 4.57. The Hall–Kier alpha value is -1.78. The van der Waals surface area contributed by atoms with Crippen LogP contribution in [0.15, 0.2) is 47.5 Å². The molecule has 2 amide bonds. The van der Waals surface area contributed by atoms with Gasteiger partial charge in [-0.15, -0.1) is 0 Å². The topological polar surface area (TPSA) is 58.2 Å². The van der Waals surface area contributed by atoms with Gasteiger partial charge in [0.25, 0.3) is 0 Å². The average Bonchev–Trinajstić information content (AvgIpc) is 3.33. The van der Waals surface area contributed by atoms with E-state index in [4.69, 9.17) is 23.2 Å². The van der Waals surface area contributed by atoms with Gasteiger partial charge in [-0.1, -0.05) is 41.4 Å². The Labute approximate surface area is 162 Å². The number of allylic oxidation sites excluding steroid dienone is 4. The zero-order chi connectivity index (χ0) is 18.3. The fourth-order valence-corrected chi connectivity index (χ4v) is 4.75. The largest absolute Gasteiger partial charge is 0.350 e. The maximum atomic E-state index is 13.2. The Morgan fingerprint density at radius 1 is 1.23 bits per heavy atom. The van der Waals surface area contributed by atoms with E-state index in [0.717, 1.165) is 17.9 Å². The van der Waals surface area contributed by atoms with Crippen molar-refractivity contribution in [3.8, 4) is 0 Å². The molecular weight excluding hydrogens is 371 g/mol. The van der Waals surface area contributed by atoms with Gasteiger partial charge in [-0.05, 0) is 55.4 Å². The van der Waals surface area contributed by atoms with Gasteiger partial charge in [0.05, 0.1) is 11.5 Å². The minimum absolute atomic E-state index is 0.0263. The number of amides is 2. The summed E-state index contributed by atoms with van der Waals surface area (Å²) in [6.07, 6.45) is 8.56. The second-order valence-electron chi connectivity index (χ2n) is 7.42. The third kappa shape index (κ3) is 3.40. The SMILES string of the molecule is O=C1C[C@@H](C2C=CC=C(Cl)C2)C(C(=O)Nc2cccc(Cl)c2)C2(CC2)N1. The van der Waals surface area contributed by atoms with Gasteiger partial charge in [0.15, 0.2) is 0 Å². The van der Waals surface area contributed by atoms with E-state index in [-0.39, 0.29) is 29.6 Å². The van der Waals surface area contributed by atoms with E-state index in [1.165, 1.54) is 0 Å². The Morgan fingerprint density at radius 3 is 2.73 bits per heavy atom. The van der Waals surface area contributed by atoms with Crippen LogP contribution in [-0.4, -0.2) is 17.4 Å². The molecule has 2 unspecified atom stereocenters. The van der Waals surface area contributed by atoms with Gasteiger partial charge in [-0.2, -0.15) is 0 Å². The van der Waals surface area contributed by atoms with Crippen molar-refractivity contribution in [3.63, 3.8) is 0 Å². The molecule has 0 aromatic heterocycles. The molecule has 0 radical (unpaired) electrons. The molecule has 0 bridgehead atoms. The van der Waals surface area contributed by atoms with E-state index < -0.39 is 5.54 Å². The summed E-state index contributed by atoms with van der Waals surface area (Å²) >= 11 is 12.3. The van der Waals surface area contributed by atoms with Crippen molar-refractivity contribution in [2.24, 2.45) is 17.8 Å². The number of carbonyl (C=O) groups is 2. The first-order chi connectivity index (χ1) is 12.5. The van der Waals surface area contributed by atoms with Crippen LogP contribution >= 0.6 is 23.2 Å². The highest BCUT2D eigenvalue weighted by atomic mass is 35.5. The van der Waals surface area contributed by atoms with Crippen LogP contribution in [0.4, 0.5) is 5.69 Å². The summed E-state index contributed by atoms with van der Waals surface area (Å²) in [5, 5.41) is 7.41. The van der Waals surface area contributed by atoms with E-state index in [1.807, 2.05) is 18.2 Å². The van der Waals surface area contributed by atoms with Crippen molar-refractivity contribution < 1.29 is 9.59 Å². The van der Waals surface area contributed by atoms with Gasteiger partial charge in [0, 0.05) is 22.2 Å². The third-order valence-electron chi connectivity index (χ3n) is 5.61. The van der Waals surface area contributed by atoms with Crippen molar-refractivity contribution in [1.82, 2.24) is 5.32 Å². The average molecular weight is 391 g/mol. The van der Waals surface area contributed by atoms with Crippen molar-refractivity contribution in [2.75, 3.05) is 5.32 Å². The maximum Gasteiger partial charge on any atom is 0.230 e. The molecule has 1 aliphatic heterocycles. The van der Waals surface area contributed by atoms with Gasteiger partial charge >= 0.3 is 0 Å². The van der Waals surface area contributed by atoms with Gasteiger partial charge in [-0.3, -0.25) is 9.59 Å². The molecule has 2 fully saturated rings. The van der Waals surface area contributed by atoms with Crippen molar-refractivity contribution in [2.45, 2.75) is 31.2 Å². The molecule has 3 atom stereocenters. The summed E-state index contributed by atoms with van der Waals surface area (Å²) in [5.74, 6) is -0.293. The van der Waals surface area contributed by atoms with Crippen molar-refractivity contribution in [3.05, 3.63) is 52.5 Å². The van der Waals surface area contributed by atoms with Crippen molar-refractivity contribution >= 4 is 40.7 Å². The highest BCUT2D eigenvalue weighted by Crippen LogP contribution is 2.52. The number of hydrogen-bond donors (Lipinski definition) is 2. The van der Waals surface area contributed by atoms with Crippen LogP contribution in [0.1, 0.15) is 25.7 Å². The molecule has 2 aliphatic carbocycles. The lowest BCUT2D eigenvalue weighted by molar-refractivity contribution is -0.133. The third-order valence-corrected chi connectivity index (χ3v) is 6.13. The standard InChI is InChI=1S/C20H20Cl2N2O2/c21-13-4-1-3-12(9-13)16-11-17(25)24-20(7-8-20)18(16)19(26)23-15-6-2-5-14(22)10-15/h1-6,10,12,16,18H,7-9,11H2,(H,23,26)(H,24,25)/t12?,16-,18?/m0/s1. The van der Waals surface area contributed by atoms with Gasteiger partial charge in [-0.25, -0.2) is 0 Å². The molecule has 1 saturated heterocycles. The number of hydrogen-bond acceptors (Lipinski definition) is 2. The second kappa shape index (κ2) is 6.75. The number of nitrogens with one attached hydrogen (secondary N) is 2. The number of carbonyl (C=O) groups excluding carboxylic acids is 2. The van der Waals surface area contributed by atoms with Crippen LogP contribution in [0.3, 0.4) is 0 Å². The Balaban J connectivity index is 1.61. The molecule has 26 heavy (non-hydrogen) atoms. The predicted molar refractivity (Wildman–Crippen MR) is 103 cm³/mol. The molecular formula is C20H20Cl2N2O2. The first-order valence-electron chi connectivity index (χ1n) is 8.87. The van der Waals surface area contributed by atoms with E-state index in [9.17, 15) is 9.59 Å². The molecule has 3 aliphatic rings. The number of anilines is 1. The first-order valence-corrected chi connectivity index (χ1v) is 9.63. The lowest BCUT2D eigenvalue weighted by atomic mass is 9.69. The maximum absolute atomic E-state index is 13.2. The molecule has 1 aromatic rings. The highest BCUT2D eigenvalue weighted by Gasteiger charge is 2.60. The molecule has 1 spiro atoms. The fraction of sp³-hybridized carbons (Fsp3) is 0.400. The lowest BCUT2D eigenvalue weighted by Crippen LogP contribution is -2.56. The molecule has 4 rings (SSSR count). The zero-order valence-corrected chi connectivity index (χ0v) is 15.7. The summed E-state index contributed by atoms with van der Waals surface area (Å²) < 4.78 is 0. The monoisotopic (exact) mass is 390 g/mol. The van der Waals surface area contributed by atoms with Gasteiger partial charge in [0.1, 0.15) is 0 Å². The fourth-order valence-electron chi connectivity index (χ4n) is 4.31. The zero-order valence-electron chi connectivity index (χ0n) is 14.2. The molecule has 6 heteroatoms. The van der Waals surface area contributed by atoms with Crippen LogP contribution < -0.4 is 10.6 Å². The van der Waals surface area contributed by atoms with Crippen LogP contribution in [-0.2, 0) is 9.59 Å². The minimum Gasteiger partial charge on any atom is -0.350 e. The Morgan fingerprint density at radius 2 is 2.04 bits per heavy atom. The smallest absolute Gasteiger partial charge is 0.230 e. The highest BCUT2D eigenvalue weighted by molar-refractivity contribution is 6.31. The number of halogens is 2. The van der Waals surface area contributed by atoms with Crippen LogP contribution in [0.25, 0.3) is 0 Å². The number of rotatable bonds is 3. The molecule has 1 aromatic carbocycles. The van der Waals surface area contributed by atoms with E-state index in [0.29, 0.717) is 23.6 Å². The Bertz CT molecular complexity index is 814. The summed E-state index contributed by atoms with van der Waals surface area (Å²) in [4.78, 5) is 25.5. The van der Waals surface area contributed by atoms with Crippen LogP contribution in [0.2, 0.25) is 5.02 Å². The summed E-state index contributed by atoms with van der Waals surface area (Å²) in [6, 6.07) is 7.12.